The Labute approximate surface area is 204 Å². The van der Waals surface area contributed by atoms with Gasteiger partial charge in [0.15, 0.2) is 5.11 Å². The van der Waals surface area contributed by atoms with Gasteiger partial charge in [0.1, 0.15) is 5.82 Å². The second-order valence-electron chi connectivity index (χ2n) is 8.93. The summed E-state index contributed by atoms with van der Waals surface area (Å²) in [6, 6.07) is 14.5. The second kappa shape index (κ2) is 9.93. The number of nitrogens with one attached hydrogen (secondary N) is 2. The normalized spacial score (nSPS) is 20.5. The number of carbonyl (C=O) groups excluding carboxylic acids is 1. The monoisotopic (exact) mass is 477 g/mol. The van der Waals surface area contributed by atoms with Crippen molar-refractivity contribution in [2.45, 2.75) is 50.2 Å². The van der Waals surface area contributed by atoms with Crippen LogP contribution in [0.1, 0.15) is 61.5 Å². The topological polar surface area (TPSA) is 62.2 Å². The molecular formula is C26H28FN5OS. The number of para-hydroxylation sites is 1. The van der Waals surface area contributed by atoms with E-state index in [4.69, 9.17) is 12.2 Å². The summed E-state index contributed by atoms with van der Waals surface area (Å²) in [5, 5.41) is 6.68. The molecule has 1 aromatic carbocycles. The molecule has 1 saturated carbocycles. The first-order valence-electron chi connectivity index (χ1n) is 11.8. The highest BCUT2D eigenvalue weighted by Gasteiger charge is 2.40. The van der Waals surface area contributed by atoms with E-state index in [1.165, 1.54) is 31.7 Å². The van der Waals surface area contributed by atoms with Crippen LogP contribution in [0.5, 0.6) is 0 Å². The Bertz CT molecular complexity index is 1160. The smallest absolute Gasteiger partial charge is 0.226 e. The van der Waals surface area contributed by atoms with Crippen LogP contribution in [-0.2, 0) is 4.79 Å². The predicted molar refractivity (Wildman–Crippen MR) is 134 cm³/mol. The van der Waals surface area contributed by atoms with Gasteiger partial charge in [-0.15, -0.1) is 0 Å². The molecule has 1 aliphatic carbocycles. The third-order valence-corrected chi connectivity index (χ3v) is 7.10. The van der Waals surface area contributed by atoms with Crippen LogP contribution in [0.4, 0.5) is 10.1 Å². The Morgan fingerprint density at radius 2 is 1.94 bits per heavy atom. The van der Waals surface area contributed by atoms with E-state index in [1.54, 1.807) is 24.4 Å². The Hall–Kier alpha value is -3.26. The van der Waals surface area contributed by atoms with Crippen LogP contribution >= 0.6 is 12.2 Å². The fourth-order valence-electron chi connectivity index (χ4n) is 5.04. The van der Waals surface area contributed by atoms with E-state index >= 15 is 0 Å². The van der Waals surface area contributed by atoms with Gasteiger partial charge in [0.2, 0.25) is 5.91 Å². The lowest BCUT2D eigenvalue weighted by molar-refractivity contribution is -0.116. The van der Waals surface area contributed by atoms with Crippen molar-refractivity contribution in [2.75, 3.05) is 11.9 Å². The first-order chi connectivity index (χ1) is 16.6. The van der Waals surface area contributed by atoms with E-state index in [9.17, 15) is 9.18 Å². The number of benzene rings is 1. The van der Waals surface area contributed by atoms with Gasteiger partial charge >= 0.3 is 0 Å². The third kappa shape index (κ3) is 4.68. The number of amides is 1. The van der Waals surface area contributed by atoms with Gasteiger partial charge in [-0.1, -0.05) is 31.0 Å². The standard InChI is InChI=1S/C26H28FN5OS/c27-20-9-3-4-10-21(20)29-23(33)13-16-32-25(18-12-15-31(17-18)19-7-1-2-8-19)24(30-26(32)34)22-11-5-6-14-28-22/h3-6,9-12,14-15,17,19,24-25H,1-2,7-8,13,16H2,(H,29,33)(H,30,34)/t24-,25-/m1/s1. The molecule has 6 nitrogen and oxygen atoms in total. The molecule has 3 heterocycles. The van der Waals surface area contributed by atoms with Gasteiger partial charge in [0, 0.05) is 37.6 Å². The molecule has 0 radical (unpaired) electrons. The molecule has 5 rings (SSSR count). The Kier molecular flexibility index (Phi) is 6.58. The fourth-order valence-corrected chi connectivity index (χ4v) is 5.37. The largest absolute Gasteiger partial charge is 0.352 e. The molecule has 0 bridgehead atoms. The van der Waals surface area contributed by atoms with Crippen LogP contribution in [0.15, 0.2) is 67.1 Å². The molecule has 2 N–H and O–H groups in total. The number of aromatic nitrogens is 2. The molecule has 0 unspecified atom stereocenters. The van der Waals surface area contributed by atoms with Gasteiger partial charge in [-0.25, -0.2) is 4.39 Å². The lowest BCUT2D eigenvalue weighted by Crippen LogP contribution is -2.32. The van der Waals surface area contributed by atoms with E-state index in [0.29, 0.717) is 17.7 Å². The molecule has 1 saturated heterocycles. The molecule has 176 valence electrons. The summed E-state index contributed by atoms with van der Waals surface area (Å²) in [6.07, 6.45) is 11.3. The van der Waals surface area contributed by atoms with Crippen molar-refractivity contribution in [1.82, 2.24) is 19.8 Å². The Morgan fingerprint density at radius 3 is 2.71 bits per heavy atom. The Balaban J connectivity index is 1.36. The summed E-state index contributed by atoms with van der Waals surface area (Å²) in [5.41, 5.74) is 2.23. The number of carbonyl (C=O) groups is 1. The van der Waals surface area contributed by atoms with Gasteiger partial charge in [0.05, 0.1) is 23.5 Å². The molecule has 34 heavy (non-hydrogen) atoms. The maximum atomic E-state index is 13.9. The summed E-state index contributed by atoms with van der Waals surface area (Å²) in [5.74, 6) is -0.702. The van der Waals surface area contributed by atoms with Gasteiger partial charge < -0.3 is 20.1 Å². The summed E-state index contributed by atoms with van der Waals surface area (Å²) in [4.78, 5) is 19.2. The molecule has 2 fully saturated rings. The van der Waals surface area contributed by atoms with Crippen LogP contribution in [0.25, 0.3) is 0 Å². The number of anilines is 1. The minimum absolute atomic E-state index is 0.0914. The minimum atomic E-state index is -0.449. The van der Waals surface area contributed by atoms with Crippen LogP contribution < -0.4 is 10.6 Å². The molecule has 0 spiro atoms. The molecule has 2 aliphatic rings. The molecule has 2 aromatic heterocycles. The number of pyridine rings is 1. The van der Waals surface area contributed by atoms with E-state index in [1.807, 2.05) is 18.2 Å². The molecular weight excluding hydrogens is 449 g/mol. The quantitative estimate of drug-likeness (QED) is 0.462. The third-order valence-electron chi connectivity index (χ3n) is 6.75. The number of hydrogen-bond acceptors (Lipinski definition) is 3. The highest BCUT2D eigenvalue weighted by molar-refractivity contribution is 7.80. The van der Waals surface area contributed by atoms with Crippen molar-refractivity contribution < 1.29 is 9.18 Å². The number of rotatable bonds is 7. The highest BCUT2D eigenvalue weighted by atomic mass is 32.1. The maximum Gasteiger partial charge on any atom is 0.226 e. The highest BCUT2D eigenvalue weighted by Crippen LogP contribution is 2.40. The van der Waals surface area contributed by atoms with E-state index < -0.39 is 5.82 Å². The van der Waals surface area contributed by atoms with Crippen LogP contribution in [0.3, 0.4) is 0 Å². The zero-order chi connectivity index (χ0) is 23.5. The molecule has 3 aromatic rings. The summed E-state index contributed by atoms with van der Waals surface area (Å²) < 4.78 is 16.3. The van der Waals surface area contributed by atoms with E-state index in [-0.39, 0.29) is 30.1 Å². The number of nitrogens with zero attached hydrogens (tertiary/aromatic N) is 3. The van der Waals surface area contributed by atoms with E-state index in [0.717, 1.165) is 11.3 Å². The van der Waals surface area contributed by atoms with Gasteiger partial charge in [-0.3, -0.25) is 9.78 Å². The van der Waals surface area contributed by atoms with Gasteiger partial charge in [-0.2, -0.15) is 0 Å². The van der Waals surface area contributed by atoms with Crippen molar-refractivity contribution in [2.24, 2.45) is 0 Å². The van der Waals surface area contributed by atoms with Crippen molar-refractivity contribution >= 4 is 28.9 Å². The number of thiocarbonyl (C=S) groups is 1. The van der Waals surface area contributed by atoms with Crippen molar-refractivity contribution in [1.29, 1.82) is 0 Å². The lowest BCUT2D eigenvalue weighted by Gasteiger charge is -2.27. The average molecular weight is 478 g/mol. The first kappa shape index (κ1) is 22.5. The molecule has 1 amide bonds. The van der Waals surface area contributed by atoms with Crippen LogP contribution in [0.2, 0.25) is 0 Å². The number of halogens is 1. The number of hydrogen-bond donors (Lipinski definition) is 2. The molecule has 1 aliphatic heterocycles. The fraction of sp³-hybridized carbons (Fsp3) is 0.346. The SMILES string of the molecule is O=C(CCN1C(=S)N[C@H](c2ccccn2)[C@H]1c1ccn(C2CCCC2)c1)Nc1ccccc1F. The zero-order valence-electron chi connectivity index (χ0n) is 18.9. The predicted octanol–water partition coefficient (Wildman–Crippen LogP) is 5.14. The maximum absolute atomic E-state index is 13.9. The summed E-state index contributed by atoms with van der Waals surface area (Å²) >= 11 is 5.70. The van der Waals surface area contributed by atoms with Crippen molar-refractivity contribution in [3.05, 3.63) is 84.2 Å². The summed E-state index contributed by atoms with van der Waals surface area (Å²) in [7, 11) is 0. The minimum Gasteiger partial charge on any atom is -0.352 e. The van der Waals surface area contributed by atoms with Crippen LogP contribution in [0, 0.1) is 5.82 Å². The second-order valence-corrected chi connectivity index (χ2v) is 9.32. The Morgan fingerprint density at radius 1 is 1.15 bits per heavy atom. The van der Waals surface area contributed by atoms with E-state index in [2.05, 4.69) is 43.5 Å². The first-order valence-corrected chi connectivity index (χ1v) is 12.2. The van der Waals surface area contributed by atoms with Crippen molar-refractivity contribution in [3.63, 3.8) is 0 Å². The van der Waals surface area contributed by atoms with Gasteiger partial charge in [0.25, 0.3) is 0 Å². The van der Waals surface area contributed by atoms with Crippen LogP contribution in [-0.4, -0.2) is 32.0 Å². The van der Waals surface area contributed by atoms with Gasteiger partial charge in [-0.05, 0) is 61.0 Å². The lowest BCUT2D eigenvalue weighted by atomic mass is 9.99. The molecule has 2 atom stereocenters. The summed E-state index contributed by atoms with van der Waals surface area (Å²) in [6.45, 7) is 0.411. The zero-order valence-corrected chi connectivity index (χ0v) is 19.7. The average Bonchev–Trinajstić information content (AvgIpc) is 3.60. The van der Waals surface area contributed by atoms with Crippen molar-refractivity contribution in [3.8, 4) is 0 Å². The molecule has 8 heteroatoms.